The minimum absolute atomic E-state index is 0.0620. The first-order valence-electron chi connectivity index (χ1n) is 17.0. The van der Waals surface area contributed by atoms with E-state index in [1.54, 1.807) is 26.8 Å². The maximum Gasteiger partial charge on any atom is 0.366 e. The van der Waals surface area contributed by atoms with Crippen LogP contribution in [0.1, 0.15) is 54.4 Å². The highest BCUT2D eigenvalue weighted by molar-refractivity contribution is 5.88. The molecule has 14 heteroatoms. The smallest absolute Gasteiger partial charge is 0.366 e. The normalized spacial score (nSPS) is 55.8. The minimum atomic E-state index is -2.12. The summed E-state index contributed by atoms with van der Waals surface area (Å²) in [5, 5.41) is 25.6. The summed E-state index contributed by atoms with van der Waals surface area (Å²) in [4.78, 5) is 40.4. The molecule has 3 aliphatic carbocycles. The van der Waals surface area contributed by atoms with Gasteiger partial charge in [0.1, 0.15) is 23.4 Å². The SMILES string of the molecule is C/C=C(\C)C(=O)O[C@H]1C[C@@H](OC(C)=O)[C@@]2(C)CO[C@H]3[C@H]4O[C@]5(C)[C@H]6C[C@H](O[C@@H]7OC=C[C@@]76O)[C@]5(O)[C@@]4(C)[C@@H]4[C@@](OC)(C(=O)OC)OC[C@@]14[C@@H]32. The summed E-state index contributed by atoms with van der Waals surface area (Å²) in [7, 11) is 2.57. The lowest BCUT2D eigenvalue weighted by molar-refractivity contribution is -0.318. The van der Waals surface area contributed by atoms with Crippen molar-refractivity contribution in [2.75, 3.05) is 27.4 Å². The topological polar surface area (TPSA) is 175 Å². The van der Waals surface area contributed by atoms with Gasteiger partial charge >= 0.3 is 17.9 Å². The Labute approximate surface area is 284 Å². The fraction of sp³-hybridized carbons (Fsp3) is 0.800. The second kappa shape index (κ2) is 10.0. The molecule has 1 spiro atoms. The molecule has 0 unspecified atom stereocenters. The average molecular weight is 691 g/mol. The molecular formula is C35H46O14. The van der Waals surface area contributed by atoms with Gasteiger partial charge < -0.3 is 52.8 Å². The van der Waals surface area contributed by atoms with Gasteiger partial charge in [0.15, 0.2) is 5.60 Å². The zero-order chi connectivity index (χ0) is 35.3. The van der Waals surface area contributed by atoms with Crippen molar-refractivity contribution in [3.8, 4) is 0 Å². The third-order valence-corrected chi connectivity index (χ3v) is 14.3. The Kier molecular flexibility index (Phi) is 6.88. The van der Waals surface area contributed by atoms with E-state index in [-0.39, 0.29) is 26.1 Å². The molecule has 8 aliphatic rings. The van der Waals surface area contributed by atoms with Crippen molar-refractivity contribution in [1.82, 2.24) is 0 Å². The summed E-state index contributed by atoms with van der Waals surface area (Å²) >= 11 is 0. The first-order chi connectivity index (χ1) is 23.0. The largest absolute Gasteiger partial charge is 0.469 e. The zero-order valence-corrected chi connectivity index (χ0v) is 29.1. The van der Waals surface area contributed by atoms with Crippen LogP contribution < -0.4 is 0 Å². The highest BCUT2D eigenvalue weighted by Gasteiger charge is 2.94. The lowest BCUT2D eigenvalue weighted by Crippen LogP contribution is -2.78. The van der Waals surface area contributed by atoms with Gasteiger partial charge in [-0.25, -0.2) is 9.59 Å². The number of ether oxygens (including phenoxy) is 9. The number of fused-ring (bicyclic) bond motifs is 11. The lowest BCUT2D eigenvalue weighted by atomic mass is 9.37. The van der Waals surface area contributed by atoms with Gasteiger partial charge in [0.05, 0.1) is 44.9 Å². The predicted octanol–water partition coefficient (Wildman–Crippen LogP) is 1.30. The number of hydrogen-bond acceptors (Lipinski definition) is 14. The molecule has 270 valence electrons. The van der Waals surface area contributed by atoms with E-state index in [0.717, 1.165) is 0 Å². The summed E-state index contributed by atoms with van der Waals surface area (Å²) in [6.07, 6.45) is -0.642. The lowest BCUT2D eigenvalue weighted by Gasteiger charge is -2.66. The van der Waals surface area contributed by atoms with E-state index in [2.05, 4.69) is 0 Å². The summed E-state index contributed by atoms with van der Waals surface area (Å²) in [5.74, 6) is -6.47. The monoisotopic (exact) mass is 690 g/mol. The maximum atomic E-state index is 14.2. The van der Waals surface area contributed by atoms with Gasteiger partial charge in [0.2, 0.25) is 6.29 Å². The van der Waals surface area contributed by atoms with Crippen molar-refractivity contribution in [2.24, 2.45) is 34.0 Å². The van der Waals surface area contributed by atoms with E-state index in [1.165, 1.54) is 33.5 Å². The van der Waals surface area contributed by atoms with Crippen LogP contribution in [0.25, 0.3) is 0 Å². The Morgan fingerprint density at radius 1 is 1.00 bits per heavy atom. The van der Waals surface area contributed by atoms with E-state index >= 15 is 0 Å². The molecule has 49 heavy (non-hydrogen) atoms. The van der Waals surface area contributed by atoms with E-state index in [1.807, 2.05) is 13.8 Å². The van der Waals surface area contributed by atoms with E-state index in [9.17, 15) is 24.6 Å². The van der Waals surface area contributed by atoms with Crippen LogP contribution in [0.3, 0.4) is 0 Å². The van der Waals surface area contributed by atoms with Crippen LogP contribution in [0.2, 0.25) is 0 Å². The molecule has 0 aromatic heterocycles. The minimum Gasteiger partial charge on any atom is -0.469 e. The number of rotatable bonds is 5. The van der Waals surface area contributed by atoms with Gasteiger partial charge in [-0.3, -0.25) is 4.79 Å². The van der Waals surface area contributed by atoms with Crippen molar-refractivity contribution in [3.05, 3.63) is 24.0 Å². The highest BCUT2D eigenvalue weighted by atomic mass is 16.7. The van der Waals surface area contributed by atoms with Crippen LogP contribution in [0.4, 0.5) is 0 Å². The number of esters is 3. The maximum absolute atomic E-state index is 14.2. The van der Waals surface area contributed by atoms with Crippen molar-refractivity contribution in [2.45, 2.75) is 114 Å². The molecule has 2 N–H and O–H groups in total. The molecule has 0 aromatic carbocycles. The van der Waals surface area contributed by atoms with Gasteiger partial charge in [-0.1, -0.05) is 19.9 Å². The number of carbonyl (C=O) groups excluding carboxylic acids is 3. The Balaban J connectivity index is 1.41. The number of hydrogen-bond donors (Lipinski definition) is 2. The van der Waals surface area contributed by atoms with Crippen LogP contribution >= 0.6 is 0 Å². The Morgan fingerprint density at radius 3 is 2.39 bits per heavy atom. The highest BCUT2D eigenvalue weighted by Crippen LogP contribution is 2.81. The van der Waals surface area contributed by atoms with Crippen LogP contribution in [0.5, 0.6) is 0 Å². The number of allylic oxidation sites excluding steroid dienone is 1. The fourth-order valence-electron chi connectivity index (χ4n) is 12.3. The molecule has 0 radical (unpaired) electrons. The third kappa shape index (κ3) is 3.45. The van der Waals surface area contributed by atoms with Gasteiger partial charge in [0.25, 0.3) is 5.79 Å². The zero-order valence-electron chi connectivity index (χ0n) is 29.1. The van der Waals surface area contributed by atoms with Crippen LogP contribution in [0, 0.1) is 34.0 Å². The second-order valence-electron chi connectivity index (χ2n) is 15.9. The molecule has 16 atom stereocenters. The molecule has 3 saturated carbocycles. The number of aliphatic hydroxyl groups is 2. The van der Waals surface area contributed by atoms with Gasteiger partial charge in [0, 0.05) is 60.0 Å². The summed E-state index contributed by atoms with van der Waals surface area (Å²) in [6.45, 7) is 10.2. The molecule has 2 bridgehead atoms. The molecule has 5 aliphatic heterocycles. The van der Waals surface area contributed by atoms with Crippen molar-refractivity contribution in [1.29, 1.82) is 0 Å². The second-order valence-corrected chi connectivity index (χ2v) is 15.9. The molecule has 0 amide bonds. The van der Waals surface area contributed by atoms with Gasteiger partial charge in [-0.2, -0.15) is 0 Å². The first kappa shape index (κ1) is 33.5. The van der Waals surface area contributed by atoms with Crippen LogP contribution in [-0.2, 0) is 57.0 Å². The summed E-state index contributed by atoms with van der Waals surface area (Å²) < 4.78 is 56.5. The van der Waals surface area contributed by atoms with E-state index < -0.39 is 111 Å². The third-order valence-electron chi connectivity index (χ3n) is 14.3. The fourth-order valence-corrected chi connectivity index (χ4v) is 12.3. The molecule has 7 fully saturated rings. The average Bonchev–Trinajstić information content (AvgIpc) is 3.82. The van der Waals surface area contributed by atoms with Crippen LogP contribution in [0.15, 0.2) is 24.0 Å². The molecule has 5 heterocycles. The van der Waals surface area contributed by atoms with Crippen molar-refractivity contribution < 1.29 is 67.2 Å². The van der Waals surface area contributed by atoms with Crippen molar-refractivity contribution in [3.63, 3.8) is 0 Å². The first-order valence-corrected chi connectivity index (χ1v) is 17.0. The van der Waals surface area contributed by atoms with E-state index in [0.29, 0.717) is 5.57 Å². The van der Waals surface area contributed by atoms with E-state index in [4.69, 9.17) is 42.6 Å². The number of methoxy groups -OCH3 is 2. The number of carbonyl (C=O) groups is 3. The van der Waals surface area contributed by atoms with Gasteiger partial charge in [-0.05, 0) is 33.3 Å². The Bertz CT molecular complexity index is 1560. The Morgan fingerprint density at radius 2 is 1.73 bits per heavy atom. The molecule has 8 rings (SSSR count). The van der Waals surface area contributed by atoms with Gasteiger partial charge in [-0.15, -0.1) is 0 Å². The molecule has 0 aromatic rings. The quantitative estimate of drug-likeness (QED) is 0.240. The Hall–Kier alpha value is -2.59. The van der Waals surface area contributed by atoms with Crippen LogP contribution in [-0.4, -0.2) is 115 Å². The summed E-state index contributed by atoms with van der Waals surface area (Å²) in [5.41, 5.74) is -8.31. The summed E-state index contributed by atoms with van der Waals surface area (Å²) in [6, 6.07) is 0. The predicted molar refractivity (Wildman–Crippen MR) is 163 cm³/mol. The standard InChI is InChI=1S/C35H46O14/c1-9-16(2)25(37)47-20-13-19(46-17(3)36)29(4)14-44-22-23(29)32(20)15-45-34(42-8,27(38)41-7)26(32)30(5)24(22)49-31(6)18-12-21(35(30,31)40)48-28-33(18,39)10-11-43-28/h9-11,18-24,26,28,39-40H,12-15H2,1-8H3/b16-9+/t18-,19-,20+,21+,22-,23+,24-,26+,28+,29-,30-,31-,32+,33+,34+,35+/m1/s1. The van der Waals surface area contributed by atoms with Crippen molar-refractivity contribution >= 4 is 17.9 Å². The molecular weight excluding hydrogens is 644 g/mol. The molecule has 14 nitrogen and oxygen atoms in total. The molecule has 4 saturated heterocycles.